The molecule has 106 valence electrons. The molecular weight excluding hydrogens is 286 g/mol. The summed E-state index contributed by atoms with van der Waals surface area (Å²) in [6.07, 6.45) is 0. The quantitative estimate of drug-likeness (QED) is 0.541. The fourth-order valence-electron chi connectivity index (χ4n) is 1.99. The highest BCUT2D eigenvalue weighted by Crippen LogP contribution is 2.36. The number of oxazole rings is 1. The zero-order chi connectivity index (χ0) is 14.7. The Morgan fingerprint density at radius 1 is 1.14 bits per heavy atom. The molecule has 21 heavy (non-hydrogen) atoms. The van der Waals surface area contributed by atoms with Crippen LogP contribution in [-0.4, -0.2) is 18.1 Å². The molecule has 4 nitrogen and oxygen atoms in total. The molecule has 1 aromatic heterocycles. The summed E-state index contributed by atoms with van der Waals surface area (Å²) in [7, 11) is 1.38. The number of nitrogens with zero attached hydrogens (tertiary/aromatic N) is 1. The van der Waals surface area contributed by atoms with Crippen molar-refractivity contribution in [2.24, 2.45) is 0 Å². The van der Waals surface area contributed by atoms with Gasteiger partial charge in [-0.2, -0.15) is 0 Å². The predicted octanol–water partition coefficient (Wildman–Crippen LogP) is 3.83. The van der Waals surface area contributed by atoms with Crippen LogP contribution < -0.4 is 0 Å². The maximum absolute atomic E-state index is 12.0. The van der Waals surface area contributed by atoms with Crippen LogP contribution in [0.2, 0.25) is 0 Å². The van der Waals surface area contributed by atoms with Gasteiger partial charge in [-0.3, -0.25) is 4.79 Å². The Hall–Kier alpha value is -2.27. The summed E-state index contributed by atoms with van der Waals surface area (Å²) < 4.78 is 10.5. The number of ether oxygens (including phenoxy) is 1. The highest BCUT2D eigenvalue weighted by molar-refractivity contribution is 8.00. The van der Waals surface area contributed by atoms with Crippen LogP contribution in [0.3, 0.4) is 0 Å². The number of hydrogen-bond acceptors (Lipinski definition) is 5. The number of hydrogen-bond donors (Lipinski definition) is 0. The van der Waals surface area contributed by atoms with Gasteiger partial charge in [-0.15, -0.1) is 0 Å². The summed E-state index contributed by atoms with van der Waals surface area (Å²) in [5, 5.41) is -0.0419. The minimum atomic E-state index is -0.496. The Kier molecular flexibility index (Phi) is 3.92. The molecule has 5 heteroatoms. The van der Waals surface area contributed by atoms with Gasteiger partial charge < -0.3 is 9.15 Å². The molecular formula is C16H13NO3S. The highest BCUT2D eigenvalue weighted by Gasteiger charge is 2.25. The number of rotatable bonds is 4. The molecule has 2 aromatic carbocycles. The second kappa shape index (κ2) is 6.01. The number of fused-ring (bicyclic) bond motifs is 1. The molecule has 0 bridgehead atoms. The lowest BCUT2D eigenvalue weighted by atomic mass is 10.1. The summed E-state index contributed by atoms with van der Waals surface area (Å²) in [6.45, 7) is 0. The Bertz CT molecular complexity index is 721. The molecule has 1 heterocycles. The van der Waals surface area contributed by atoms with E-state index in [9.17, 15) is 4.79 Å². The largest absolute Gasteiger partial charge is 0.468 e. The van der Waals surface area contributed by atoms with Gasteiger partial charge >= 0.3 is 5.97 Å². The molecule has 0 aliphatic carbocycles. The van der Waals surface area contributed by atoms with Crippen molar-refractivity contribution in [1.82, 2.24) is 4.98 Å². The van der Waals surface area contributed by atoms with Crippen LogP contribution >= 0.6 is 11.8 Å². The Balaban J connectivity index is 1.92. The van der Waals surface area contributed by atoms with E-state index in [1.807, 2.05) is 54.6 Å². The number of carbonyl (C=O) groups excluding carboxylic acids is 1. The van der Waals surface area contributed by atoms with E-state index in [1.54, 1.807) is 0 Å². The molecule has 0 aliphatic rings. The second-order valence-electron chi connectivity index (χ2n) is 4.38. The minimum Gasteiger partial charge on any atom is -0.468 e. The van der Waals surface area contributed by atoms with E-state index in [1.165, 1.54) is 18.9 Å². The maximum Gasteiger partial charge on any atom is 0.323 e. The second-order valence-corrected chi connectivity index (χ2v) is 5.44. The van der Waals surface area contributed by atoms with Crippen LogP contribution in [0.5, 0.6) is 0 Å². The molecule has 1 unspecified atom stereocenters. The van der Waals surface area contributed by atoms with Crippen LogP contribution in [-0.2, 0) is 9.53 Å². The van der Waals surface area contributed by atoms with Crippen molar-refractivity contribution in [3.05, 3.63) is 60.2 Å². The Labute approximate surface area is 126 Å². The number of esters is 1. The van der Waals surface area contributed by atoms with E-state index in [0.29, 0.717) is 10.8 Å². The Morgan fingerprint density at radius 3 is 2.57 bits per heavy atom. The average Bonchev–Trinajstić information content (AvgIpc) is 2.95. The summed E-state index contributed by atoms with van der Waals surface area (Å²) in [5.41, 5.74) is 2.34. The zero-order valence-electron chi connectivity index (χ0n) is 11.4. The summed E-state index contributed by atoms with van der Waals surface area (Å²) in [5.74, 6) is -0.326. The molecule has 0 saturated heterocycles. The van der Waals surface area contributed by atoms with E-state index < -0.39 is 5.25 Å². The van der Waals surface area contributed by atoms with Crippen molar-refractivity contribution < 1.29 is 13.9 Å². The van der Waals surface area contributed by atoms with Gasteiger partial charge in [0.25, 0.3) is 5.22 Å². The maximum atomic E-state index is 12.0. The van der Waals surface area contributed by atoms with Crippen molar-refractivity contribution in [3.63, 3.8) is 0 Å². The van der Waals surface area contributed by atoms with Gasteiger partial charge in [-0.1, -0.05) is 42.5 Å². The van der Waals surface area contributed by atoms with Crippen LogP contribution in [0, 0.1) is 0 Å². The number of thioether (sulfide) groups is 1. The first kappa shape index (κ1) is 13.7. The van der Waals surface area contributed by atoms with Crippen molar-refractivity contribution in [3.8, 4) is 0 Å². The van der Waals surface area contributed by atoms with Gasteiger partial charge in [0.2, 0.25) is 0 Å². The van der Waals surface area contributed by atoms with Gasteiger partial charge in [0.15, 0.2) is 5.58 Å². The van der Waals surface area contributed by atoms with E-state index >= 15 is 0 Å². The first-order chi connectivity index (χ1) is 10.3. The molecule has 0 saturated carbocycles. The van der Waals surface area contributed by atoms with Gasteiger partial charge in [0.1, 0.15) is 10.8 Å². The molecule has 0 N–H and O–H groups in total. The summed E-state index contributed by atoms with van der Waals surface area (Å²) >= 11 is 1.25. The fraction of sp³-hybridized carbons (Fsp3) is 0.125. The van der Waals surface area contributed by atoms with Gasteiger partial charge in [0.05, 0.1) is 7.11 Å². The van der Waals surface area contributed by atoms with Gasteiger partial charge in [-0.05, 0) is 29.5 Å². The van der Waals surface area contributed by atoms with Crippen molar-refractivity contribution in [1.29, 1.82) is 0 Å². The third kappa shape index (κ3) is 2.92. The van der Waals surface area contributed by atoms with E-state index in [2.05, 4.69) is 4.98 Å². The molecule has 0 amide bonds. The molecule has 0 fully saturated rings. The minimum absolute atomic E-state index is 0.326. The first-order valence-corrected chi connectivity index (χ1v) is 7.31. The zero-order valence-corrected chi connectivity index (χ0v) is 12.2. The van der Waals surface area contributed by atoms with Crippen LogP contribution in [0.1, 0.15) is 10.8 Å². The molecule has 0 aliphatic heterocycles. The molecule has 1 atom stereocenters. The highest BCUT2D eigenvalue weighted by atomic mass is 32.2. The summed E-state index contributed by atoms with van der Waals surface area (Å²) in [6, 6.07) is 17.0. The van der Waals surface area contributed by atoms with E-state index in [4.69, 9.17) is 9.15 Å². The monoisotopic (exact) mass is 299 g/mol. The van der Waals surface area contributed by atoms with Crippen molar-refractivity contribution >= 4 is 28.8 Å². The van der Waals surface area contributed by atoms with Crippen LogP contribution in [0.15, 0.2) is 64.2 Å². The summed E-state index contributed by atoms with van der Waals surface area (Å²) in [4.78, 5) is 16.4. The third-order valence-electron chi connectivity index (χ3n) is 3.01. The van der Waals surface area contributed by atoms with Crippen LogP contribution in [0.4, 0.5) is 0 Å². The smallest absolute Gasteiger partial charge is 0.323 e. The lowest BCUT2D eigenvalue weighted by molar-refractivity contribution is -0.140. The fourth-order valence-corrected chi connectivity index (χ4v) is 2.97. The van der Waals surface area contributed by atoms with Crippen molar-refractivity contribution in [2.45, 2.75) is 10.5 Å². The lowest BCUT2D eigenvalue weighted by Crippen LogP contribution is -2.11. The van der Waals surface area contributed by atoms with E-state index in [-0.39, 0.29) is 5.97 Å². The normalized spacial score (nSPS) is 12.2. The number of para-hydroxylation sites is 2. The standard InChI is InChI=1S/C16H13NO3S/c1-19-15(18)14(11-7-3-2-4-8-11)21-16-17-12-9-5-6-10-13(12)20-16/h2-10,14H,1H3. The molecule has 3 rings (SSSR count). The number of carbonyl (C=O) groups is 1. The first-order valence-electron chi connectivity index (χ1n) is 6.43. The third-order valence-corrected chi connectivity index (χ3v) is 4.09. The van der Waals surface area contributed by atoms with E-state index in [0.717, 1.165) is 11.1 Å². The SMILES string of the molecule is COC(=O)C(Sc1nc2ccccc2o1)c1ccccc1. The van der Waals surface area contributed by atoms with Crippen LogP contribution in [0.25, 0.3) is 11.1 Å². The van der Waals surface area contributed by atoms with Gasteiger partial charge in [-0.25, -0.2) is 4.98 Å². The number of aromatic nitrogens is 1. The topological polar surface area (TPSA) is 52.3 Å². The molecule has 0 radical (unpaired) electrons. The van der Waals surface area contributed by atoms with Crippen molar-refractivity contribution in [2.75, 3.05) is 7.11 Å². The van der Waals surface area contributed by atoms with Gasteiger partial charge in [0, 0.05) is 0 Å². The Morgan fingerprint density at radius 2 is 1.86 bits per heavy atom. The molecule has 0 spiro atoms. The number of methoxy groups -OCH3 is 1. The molecule has 3 aromatic rings. The average molecular weight is 299 g/mol. The number of benzene rings is 2. The predicted molar refractivity (Wildman–Crippen MR) is 81.1 cm³/mol. The lowest BCUT2D eigenvalue weighted by Gasteiger charge is -2.12.